The maximum absolute atomic E-state index is 11.3. The van der Waals surface area contributed by atoms with Crippen LogP contribution in [0.4, 0.5) is 5.69 Å². The molecule has 0 aliphatic carbocycles. The highest BCUT2D eigenvalue weighted by atomic mass is 16.6. The second kappa shape index (κ2) is 4.28. The molecule has 0 amide bonds. The van der Waals surface area contributed by atoms with Crippen molar-refractivity contribution in [3.63, 3.8) is 0 Å². The van der Waals surface area contributed by atoms with E-state index in [1.165, 1.54) is 24.3 Å². The summed E-state index contributed by atoms with van der Waals surface area (Å²) in [5, 5.41) is 20.2. The Labute approximate surface area is 100 Å². The predicted molar refractivity (Wildman–Crippen MR) is 58.6 cm³/mol. The summed E-state index contributed by atoms with van der Waals surface area (Å²) in [4.78, 5) is 32.0. The number of carbonyl (C=O) groups excluding carboxylic acids is 2. The number of cyclic esters (lactones) is 1. The maximum Gasteiger partial charge on any atom is 0.379 e. The lowest BCUT2D eigenvalue weighted by molar-refractivity contribution is -0.384. The fraction of sp³-hybridized carbons (Fsp3) is 0.0909. The number of non-ortho nitro benzene ring substituents is 1. The lowest BCUT2D eigenvalue weighted by atomic mass is 10.1. The summed E-state index contributed by atoms with van der Waals surface area (Å²) in [5.41, 5.74) is -0.0715. The number of Topliss-reactive ketones (excluding diaryl/α,β-unsaturated/α-hetero) is 1. The van der Waals surface area contributed by atoms with E-state index in [2.05, 4.69) is 4.74 Å². The summed E-state index contributed by atoms with van der Waals surface area (Å²) in [7, 11) is 0. The van der Waals surface area contributed by atoms with Gasteiger partial charge in [0.05, 0.1) is 10.5 Å². The van der Waals surface area contributed by atoms with Gasteiger partial charge >= 0.3 is 5.97 Å². The number of rotatable bonds is 2. The Hall–Kier alpha value is -2.70. The van der Waals surface area contributed by atoms with Gasteiger partial charge in [0.2, 0.25) is 0 Å². The van der Waals surface area contributed by atoms with Crippen LogP contribution in [0.2, 0.25) is 0 Å². The van der Waals surface area contributed by atoms with Crippen LogP contribution in [0.1, 0.15) is 5.56 Å². The number of aliphatic hydroxyl groups excluding tert-OH is 1. The van der Waals surface area contributed by atoms with E-state index in [0.29, 0.717) is 0 Å². The van der Waals surface area contributed by atoms with Crippen LogP contribution < -0.4 is 0 Å². The van der Waals surface area contributed by atoms with Crippen LogP contribution in [-0.4, -0.2) is 28.4 Å². The number of hydrogen-bond acceptors (Lipinski definition) is 6. The number of esters is 1. The van der Waals surface area contributed by atoms with Crippen LogP contribution >= 0.6 is 0 Å². The lowest BCUT2D eigenvalue weighted by Gasteiger charge is -2.01. The molecule has 92 valence electrons. The minimum absolute atomic E-state index is 0.137. The Kier molecular flexibility index (Phi) is 2.80. The Bertz CT molecular complexity index is 572. The van der Waals surface area contributed by atoms with Crippen LogP contribution in [0.15, 0.2) is 29.8 Å². The topological polar surface area (TPSA) is 107 Å². The number of benzene rings is 1. The van der Waals surface area contributed by atoms with Gasteiger partial charge in [-0.15, -0.1) is 0 Å². The fourth-order valence-electron chi connectivity index (χ4n) is 1.48. The minimum atomic E-state index is -1.02. The normalized spacial score (nSPS) is 17.6. The van der Waals surface area contributed by atoms with Gasteiger partial charge in [-0.3, -0.25) is 14.9 Å². The number of hydrogen-bond donors (Lipinski definition) is 1. The highest BCUT2D eigenvalue weighted by Gasteiger charge is 2.32. The monoisotopic (exact) mass is 249 g/mol. The number of aliphatic hydroxyl groups is 1. The zero-order valence-corrected chi connectivity index (χ0v) is 8.95. The molecule has 1 aliphatic heterocycles. The van der Waals surface area contributed by atoms with Crippen LogP contribution in [-0.2, 0) is 14.3 Å². The standard InChI is InChI=1S/C11H7NO6/c13-9(8-5-18-11(15)10(8)14)6-1-3-7(4-2-6)12(16)17/h1-4,13H,5H2/b9-8+. The SMILES string of the molecule is O=C1OC/C(=C(\O)c2ccc([N+](=O)[O-])cc2)C1=O. The molecule has 7 heteroatoms. The molecule has 0 bridgehead atoms. The van der Waals surface area contributed by atoms with E-state index in [9.17, 15) is 24.8 Å². The van der Waals surface area contributed by atoms with Crippen molar-refractivity contribution in [2.45, 2.75) is 0 Å². The van der Waals surface area contributed by atoms with Gasteiger partial charge in [-0.1, -0.05) is 0 Å². The van der Waals surface area contributed by atoms with E-state index >= 15 is 0 Å². The number of nitro benzene ring substituents is 1. The second-order valence-corrected chi connectivity index (χ2v) is 3.54. The van der Waals surface area contributed by atoms with Crippen LogP contribution in [0.5, 0.6) is 0 Å². The lowest BCUT2D eigenvalue weighted by Crippen LogP contribution is -2.08. The van der Waals surface area contributed by atoms with Crippen LogP contribution in [0, 0.1) is 10.1 Å². The van der Waals surface area contributed by atoms with Crippen LogP contribution in [0.3, 0.4) is 0 Å². The van der Waals surface area contributed by atoms with Gasteiger partial charge in [0.1, 0.15) is 12.4 Å². The average molecular weight is 249 g/mol. The maximum atomic E-state index is 11.3. The van der Waals surface area contributed by atoms with E-state index in [-0.39, 0.29) is 23.4 Å². The van der Waals surface area contributed by atoms with Gasteiger partial charge in [0.15, 0.2) is 0 Å². The molecular weight excluding hydrogens is 242 g/mol. The molecule has 1 fully saturated rings. The third kappa shape index (κ3) is 1.93. The molecule has 0 atom stereocenters. The first-order valence-electron chi connectivity index (χ1n) is 4.89. The van der Waals surface area contributed by atoms with Crippen molar-refractivity contribution in [3.8, 4) is 0 Å². The molecular formula is C11H7NO6. The van der Waals surface area contributed by atoms with Gasteiger partial charge in [-0.05, 0) is 12.1 Å². The summed E-state index contributed by atoms with van der Waals surface area (Å²) in [5.74, 6) is -2.31. The Morgan fingerprint density at radius 3 is 2.33 bits per heavy atom. The molecule has 0 radical (unpaired) electrons. The zero-order chi connectivity index (χ0) is 13.3. The molecule has 1 N–H and O–H groups in total. The molecule has 7 nitrogen and oxygen atoms in total. The summed E-state index contributed by atoms with van der Waals surface area (Å²) in [6.45, 7) is -0.291. The van der Waals surface area contributed by atoms with Crippen molar-refractivity contribution in [3.05, 3.63) is 45.5 Å². The number of ketones is 1. The molecule has 1 heterocycles. The molecule has 1 saturated heterocycles. The van der Waals surface area contributed by atoms with E-state index in [1.54, 1.807) is 0 Å². The second-order valence-electron chi connectivity index (χ2n) is 3.54. The summed E-state index contributed by atoms with van der Waals surface area (Å²) >= 11 is 0. The van der Waals surface area contributed by atoms with E-state index in [4.69, 9.17) is 0 Å². The van der Waals surface area contributed by atoms with E-state index in [0.717, 1.165) is 0 Å². The van der Waals surface area contributed by atoms with E-state index < -0.39 is 22.4 Å². The molecule has 0 spiro atoms. The first-order valence-corrected chi connectivity index (χ1v) is 4.89. The van der Waals surface area contributed by atoms with Gasteiger partial charge < -0.3 is 9.84 Å². The first-order chi connectivity index (χ1) is 8.50. The van der Waals surface area contributed by atoms with Crippen molar-refractivity contribution >= 4 is 23.2 Å². The number of nitrogens with zero attached hydrogens (tertiary/aromatic N) is 1. The molecule has 0 saturated carbocycles. The Balaban J connectivity index is 2.37. The van der Waals surface area contributed by atoms with Gasteiger partial charge in [0, 0.05) is 17.7 Å². The zero-order valence-electron chi connectivity index (χ0n) is 8.95. The third-order valence-electron chi connectivity index (χ3n) is 2.44. The highest BCUT2D eigenvalue weighted by molar-refractivity contribution is 6.43. The van der Waals surface area contributed by atoms with Crippen molar-refractivity contribution in [2.24, 2.45) is 0 Å². The average Bonchev–Trinajstić information content (AvgIpc) is 2.69. The van der Waals surface area contributed by atoms with Crippen molar-refractivity contribution in [1.29, 1.82) is 0 Å². The van der Waals surface area contributed by atoms with Crippen molar-refractivity contribution < 1.29 is 24.4 Å². The Morgan fingerprint density at radius 2 is 1.89 bits per heavy atom. The molecule has 0 unspecified atom stereocenters. The molecule has 1 aromatic carbocycles. The molecule has 0 aromatic heterocycles. The summed E-state index contributed by atoms with van der Waals surface area (Å²) < 4.78 is 4.47. The molecule has 2 rings (SSSR count). The third-order valence-corrected chi connectivity index (χ3v) is 2.44. The van der Waals surface area contributed by atoms with Crippen LogP contribution in [0.25, 0.3) is 5.76 Å². The highest BCUT2D eigenvalue weighted by Crippen LogP contribution is 2.22. The Morgan fingerprint density at radius 1 is 1.28 bits per heavy atom. The quantitative estimate of drug-likeness (QED) is 0.209. The summed E-state index contributed by atoms with van der Waals surface area (Å²) in [6, 6.07) is 4.95. The van der Waals surface area contributed by atoms with Crippen molar-refractivity contribution in [1.82, 2.24) is 0 Å². The molecule has 1 aromatic rings. The number of carbonyl (C=O) groups is 2. The molecule has 1 aliphatic rings. The first kappa shape index (κ1) is 11.8. The summed E-state index contributed by atoms with van der Waals surface area (Å²) in [6.07, 6.45) is 0. The number of ether oxygens (including phenoxy) is 1. The van der Waals surface area contributed by atoms with Gasteiger partial charge in [0.25, 0.3) is 11.5 Å². The number of nitro groups is 1. The van der Waals surface area contributed by atoms with Crippen molar-refractivity contribution in [2.75, 3.05) is 6.61 Å². The fourth-order valence-corrected chi connectivity index (χ4v) is 1.48. The van der Waals surface area contributed by atoms with Gasteiger partial charge in [-0.25, -0.2) is 4.79 Å². The predicted octanol–water partition coefficient (Wildman–Crippen LogP) is 0.990. The van der Waals surface area contributed by atoms with E-state index in [1.807, 2.05) is 0 Å². The minimum Gasteiger partial charge on any atom is -0.507 e. The largest absolute Gasteiger partial charge is 0.507 e. The van der Waals surface area contributed by atoms with Gasteiger partial charge in [-0.2, -0.15) is 0 Å². The smallest absolute Gasteiger partial charge is 0.379 e. The molecule has 18 heavy (non-hydrogen) atoms.